The van der Waals surface area contributed by atoms with Crippen molar-refractivity contribution in [1.29, 1.82) is 0 Å². The standard InChI is InChI=1S/C15H15ClFN5O/c16-12-9-13(20-15(18)19-12)21-4-6-22(7-5-21)14(23)10-2-1-3-11(17)8-10/h1-3,8-9H,4-7H2,(H2,18,19,20). The van der Waals surface area contributed by atoms with Crippen molar-refractivity contribution in [2.75, 3.05) is 36.8 Å². The Morgan fingerprint density at radius 1 is 1.17 bits per heavy atom. The topological polar surface area (TPSA) is 75.3 Å². The molecule has 1 amide bonds. The van der Waals surface area contributed by atoms with Gasteiger partial charge in [0.1, 0.15) is 16.8 Å². The van der Waals surface area contributed by atoms with Crippen LogP contribution in [0.5, 0.6) is 0 Å². The van der Waals surface area contributed by atoms with Crippen LogP contribution in [0.1, 0.15) is 10.4 Å². The quantitative estimate of drug-likeness (QED) is 0.847. The van der Waals surface area contributed by atoms with Crippen molar-refractivity contribution in [2.45, 2.75) is 0 Å². The number of nitrogens with two attached hydrogens (primary N) is 1. The highest BCUT2D eigenvalue weighted by atomic mass is 35.5. The van der Waals surface area contributed by atoms with Gasteiger partial charge in [-0.2, -0.15) is 4.98 Å². The van der Waals surface area contributed by atoms with Gasteiger partial charge in [-0.05, 0) is 18.2 Å². The van der Waals surface area contributed by atoms with Gasteiger partial charge in [0, 0.05) is 37.8 Å². The van der Waals surface area contributed by atoms with E-state index in [1.807, 2.05) is 4.90 Å². The SMILES string of the molecule is Nc1nc(Cl)cc(N2CCN(C(=O)c3cccc(F)c3)CC2)n1. The fourth-order valence-electron chi connectivity index (χ4n) is 2.53. The molecule has 0 atom stereocenters. The third-order valence-corrected chi connectivity index (χ3v) is 3.85. The summed E-state index contributed by atoms with van der Waals surface area (Å²) in [5.41, 5.74) is 5.95. The first-order valence-corrected chi connectivity index (χ1v) is 7.50. The van der Waals surface area contributed by atoms with E-state index < -0.39 is 5.82 Å². The number of halogens is 2. The fraction of sp³-hybridized carbons (Fsp3) is 0.267. The minimum Gasteiger partial charge on any atom is -0.368 e. The average molecular weight is 336 g/mol. The first kappa shape index (κ1) is 15.5. The van der Waals surface area contributed by atoms with Gasteiger partial charge in [-0.15, -0.1) is 0 Å². The molecule has 2 aromatic rings. The number of amides is 1. The van der Waals surface area contributed by atoms with Crippen LogP contribution in [0.2, 0.25) is 5.15 Å². The number of aromatic nitrogens is 2. The Bertz CT molecular complexity index is 713. The van der Waals surface area contributed by atoms with Gasteiger partial charge >= 0.3 is 0 Å². The molecule has 0 spiro atoms. The van der Waals surface area contributed by atoms with Crippen molar-refractivity contribution in [1.82, 2.24) is 14.9 Å². The number of rotatable bonds is 2. The van der Waals surface area contributed by atoms with Crippen LogP contribution in [-0.4, -0.2) is 47.0 Å². The van der Waals surface area contributed by atoms with Crippen LogP contribution in [0.3, 0.4) is 0 Å². The summed E-state index contributed by atoms with van der Waals surface area (Å²) < 4.78 is 13.2. The summed E-state index contributed by atoms with van der Waals surface area (Å²) in [6.45, 7) is 2.20. The van der Waals surface area contributed by atoms with E-state index in [0.29, 0.717) is 37.6 Å². The van der Waals surface area contributed by atoms with E-state index in [4.69, 9.17) is 17.3 Å². The number of benzene rings is 1. The summed E-state index contributed by atoms with van der Waals surface area (Å²) in [5, 5.41) is 0.283. The van der Waals surface area contributed by atoms with Crippen LogP contribution in [0.15, 0.2) is 30.3 Å². The third-order valence-electron chi connectivity index (χ3n) is 3.66. The summed E-state index contributed by atoms with van der Waals surface area (Å²) >= 11 is 5.89. The van der Waals surface area contributed by atoms with Crippen LogP contribution >= 0.6 is 11.6 Å². The van der Waals surface area contributed by atoms with E-state index >= 15 is 0 Å². The molecule has 1 fully saturated rings. The summed E-state index contributed by atoms with van der Waals surface area (Å²) in [6.07, 6.45) is 0. The molecular formula is C15H15ClFN5O. The van der Waals surface area contributed by atoms with Gasteiger partial charge in [0.2, 0.25) is 5.95 Å². The molecular weight excluding hydrogens is 321 g/mol. The van der Waals surface area contributed by atoms with Crippen LogP contribution in [0.4, 0.5) is 16.2 Å². The second-order valence-corrected chi connectivity index (χ2v) is 5.58. The predicted octanol–water partition coefficient (Wildman–Crippen LogP) is 1.81. The largest absolute Gasteiger partial charge is 0.368 e. The number of hydrogen-bond donors (Lipinski definition) is 1. The van der Waals surface area contributed by atoms with Crippen molar-refractivity contribution in [3.63, 3.8) is 0 Å². The number of piperazine rings is 1. The molecule has 2 heterocycles. The Morgan fingerprint density at radius 3 is 2.57 bits per heavy atom. The van der Waals surface area contributed by atoms with E-state index in [1.54, 1.807) is 17.0 Å². The zero-order valence-electron chi connectivity index (χ0n) is 12.2. The molecule has 1 aromatic heterocycles. The number of hydrogen-bond acceptors (Lipinski definition) is 5. The Balaban J connectivity index is 1.67. The summed E-state index contributed by atoms with van der Waals surface area (Å²) in [4.78, 5) is 24.0. The van der Waals surface area contributed by atoms with E-state index in [2.05, 4.69) is 9.97 Å². The number of carbonyl (C=O) groups excluding carboxylic acids is 1. The van der Waals surface area contributed by atoms with Gasteiger partial charge < -0.3 is 15.5 Å². The summed E-state index contributed by atoms with van der Waals surface area (Å²) in [7, 11) is 0. The highest BCUT2D eigenvalue weighted by Gasteiger charge is 2.23. The molecule has 0 saturated carbocycles. The molecule has 1 saturated heterocycles. The molecule has 1 aliphatic heterocycles. The molecule has 1 aromatic carbocycles. The van der Waals surface area contributed by atoms with Gasteiger partial charge in [0.05, 0.1) is 0 Å². The number of carbonyl (C=O) groups is 1. The van der Waals surface area contributed by atoms with Gasteiger partial charge in [0.15, 0.2) is 0 Å². The van der Waals surface area contributed by atoms with Crippen LogP contribution in [0.25, 0.3) is 0 Å². The smallest absolute Gasteiger partial charge is 0.254 e. The maximum Gasteiger partial charge on any atom is 0.254 e. The monoisotopic (exact) mass is 335 g/mol. The molecule has 1 aliphatic rings. The number of nitrogen functional groups attached to an aromatic ring is 1. The van der Waals surface area contributed by atoms with Gasteiger partial charge in [0.25, 0.3) is 5.91 Å². The van der Waals surface area contributed by atoms with Crippen molar-refractivity contribution in [3.8, 4) is 0 Å². The van der Waals surface area contributed by atoms with Crippen LogP contribution < -0.4 is 10.6 Å². The average Bonchev–Trinajstić information content (AvgIpc) is 2.53. The van der Waals surface area contributed by atoms with Crippen molar-refractivity contribution in [2.24, 2.45) is 0 Å². The number of nitrogens with zero attached hydrogens (tertiary/aromatic N) is 4. The minimum absolute atomic E-state index is 0.116. The van der Waals surface area contributed by atoms with E-state index in [-0.39, 0.29) is 17.0 Å². The maximum atomic E-state index is 13.2. The predicted molar refractivity (Wildman–Crippen MR) is 86.0 cm³/mol. The lowest BCUT2D eigenvalue weighted by Gasteiger charge is -2.35. The lowest BCUT2D eigenvalue weighted by atomic mass is 10.1. The fourth-order valence-corrected chi connectivity index (χ4v) is 2.71. The maximum absolute atomic E-state index is 13.2. The normalized spacial score (nSPS) is 14.9. The molecule has 120 valence electrons. The van der Waals surface area contributed by atoms with Crippen molar-refractivity contribution < 1.29 is 9.18 Å². The molecule has 3 rings (SSSR count). The Morgan fingerprint density at radius 2 is 1.91 bits per heavy atom. The van der Waals surface area contributed by atoms with Gasteiger partial charge in [-0.1, -0.05) is 17.7 Å². The highest BCUT2D eigenvalue weighted by Crippen LogP contribution is 2.19. The second-order valence-electron chi connectivity index (χ2n) is 5.20. The van der Waals surface area contributed by atoms with Crippen LogP contribution in [-0.2, 0) is 0 Å². The minimum atomic E-state index is -0.416. The molecule has 0 bridgehead atoms. The van der Waals surface area contributed by atoms with Crippen molar-refractivity contribution >= 4 is 29.3 Å². The molecule has 6 nitrogen and oxygen atoms in total. The van der Waals surface area contributed by atoms with Crippen molar-refractivity contribution in [3.05, 3.63) is 46.9 Å². The van der Waals surface area contributed by atoms with E-state index in [0.717, 1.165) is 0 Å². The first-order valence-electron chi connectivity index (χ1n) is 7.13. The summed E-state index contributed by atoms with van der Waals surface area (Å²) in [6, 6.07) is 7.35. The van der Waals surface area contributed by atoms with E-state index in [9.17, 15) is 9.18 Å². The zero-order chi connectivity index (χ0) is 16.4. The molecule has 8 heteroatoms. The lowest BCUT2D eigenvalue weighted by molar-refractivity contribution is 0.0746. The molecule has 23 heavy (non-hydrogen) atoms. The van der Waals surface area contributed by atoms with Crippen LogP contribution in [0, 0.1) is 5.82 Å². The van der Waals surface area contributed by atoms with E-state index in [1.165, 1.54) is 18.2 Å². The van der Waals surface area contributed by atoms with Gasteiger partial charge in [-0.3, -0.25) is 4.79 Å². The second kappa shape index (κ2) is 6.37. The molecule has 0 radical (unpaired) electrons. The van der Waals surface area contributed by atoms with Gasteiger partial charge in [-0.25, -0.2) is 9.37 Å². The molecule has 0 aliphatic carbocycles. The Hall–Kier alpha value is -2.41. The first-order chi connectivity index (χ1) is 11.0. The Labute approximate surface area is 137 Å². The molecule has 2 N–H and O–H groups in total. The summed E-state index contributed by atoms with van der Waals surface area (Å²) in [5.74, 6) is 0.163. The zero-order valence-corrected chi connectivity index (χ0v) is 13.0. The lowest BCUT2D eigenvalue weighted by Crippen LogP contribution is -2.49. The third kappa shape index (κ3) is 3.50. The molecule has 0 unspecified atom stereocenters. The Kier molecular flexibility index (Phi) is 4.29. The highest BCUT2D eigenvalue weighted by molar-refractivity contribution is 6.29. The number of anilines is 2.